The Morgan fingerprint density at radius 1 is 1.52 bits per heavy atom. The summed E-state index contributed by atoms with van der Waals surface area (Å²) >= 11 is 0. The van der Waals surface area contributed by atoms with Gasteiger partial charge in [-0.2, -0.15) is 0 Å². The minimum atomic E-state index is -0.924. The maximum Gasteiger partial charge on any atom is 0.337 e. The second-order valence-electron chi connectivity index (χ2n) is 5.61. The molecule has 1 heterocycles. The highest BCUT2D eigenvalue weighted by molar-refractivity contribution is 6.01. The lowest BCUT2D eigenvalue weighted by atomic mass is 10.1. The lowest BCUT2D eigenvalue weighted by Gasteiger charge is -2.19. The van der Waals surface area contributed by atoms with Crippen molar-refractivity contribution in [3.63, 3.8) is 0 Å². The van der Waals surface area contributed by atoms with Crippen molar-refractivity contribution in [2.45, 2.75) is 38.1 Å². The number of ether oxygens (including phenoxy) is 1. The summed E-state index contributed by atoms with van der Waals surface area (Å²) < 4.78 is 7.53. The first-order valence-electron chi connectivity index (χ1n) is 7.40. The largest absolute Gasteiger partial charge is 0.478 e. The number of carboxylic acids is 1. The third kappa shape index (κ3) is 2.42. The molecule has 0 aliphatic heterocycles. The van der Waals surface area contributed by atoms with E-state index >= 15 is 0 Å². The van der Waals surface area contributed by atoms with E-state index in [4.69, 9.17) is 4.74 Å². The van der Waals surface area contributed by atoms with E-state index in [-0.39, 0.29) is 11.6 Å². The molecule has 1 aliphatic carbocycles. The Morgan fingerprint density at radius 3 is 2.86 bits per heavy atom. The smallest absolute Gasteiger partial charge is 0.337 e. The number of para-hydroxylation sites is 1. The summed E-state index contributed by atoms with van der Waals surface area (Å²) in [4.78, 5) is 16.1. The molecule has 1 fully saturated rings. The fourth-order valence-electron chi connectivity index (χ4n) is 2.89. The van der Waals surface area contributed by atoms with Crippen molar-refractivity contribution in [1.29, 1.82) is 0 Å². The summed E-state index contributed by atoms with van der Waals surface area (Å²) in [5.41, 5.74) is 1.78. The first-order chi connectivity index (χ1) is 10.2. The van der Waals surface area contributed by atoms with Crippen LogP contribution in [0.3, 0.4) is 0 Å². The molecule has 1 aliphatic rings. The lowest BCUT2D eigenvalue weighted by molar-refractivity contribution is 0.0699. The van der Waals surface area contributed by atoms with Gasteiger partial charge in [0.25, 0.3) is 0 Å². The highest BCUT2D eigenvalue weighted by Gasteiger charge is 2.32. The lowest BCUT2D eigenvalue weighted by Crippen LogP contribution is -2.16. The van der Waals surface area contributed by atoms with E-state index in [0.29, 0.717) is 18.0 Å². The summed E-state index contributed by atoms with van der Waals surface area (Å²) in [6.45, 7) is 2.73. The summed E-state index contributed by atoms with van der Waals surface area (Å²) in [6.07, 6.45) is 3.20. The molecule has 1 aromatic heterocycles. The molecule has 0 radical (unpaired) electrons. The molecule has 0 spiro atoms. The second-order valence-corrected chi connectivity index (χ2v) is 5.61. The van der Waals surface area contributed by atoms with Gasteiger partial charge in [0, 0.05) is 13.0 Å². The van der Waals surface area contributed by atoms with Crippen LogP contribution >= 0.6 is 0 Å². The number of aromatic nitrogens is 2. The first kappa shape index (κ1) is 14.1. The number of hydrogen-bond donors (Lipinski definition) is 1. The van der Waals surface area contributed by atoms with Crippen LogP contribution in [-0.4, -0.2) is 34.3 Å². The summed E-state index contributed by atoms with van der Waals surface area (Å²) in [5.74, 6) is 0.555. The SMILES string of the molecule is CCC(COC)n1c(C2CC2)nc2c(C(=O)O)cccc21. The molecule has 1 aromatic carbocycles. The van der Waals surface area contributed by atoms with Crippen molar-refractivity contribution in [2.24, 2.45) is 0 Å². The van der Waals surface area contributed by atoms with Gasteiger partial charge in [-0.05, 0) is 31.4 Å². The number of imidazole rings is 1. The van der Waals surface area contributed by atoms with E-state index in [1.807, 2.05) is 6.07 Å². The van der Waals surface area contributed by atoms with Crippen molar-refractivity contribution in [3.8, 4) is 0 Å². The Bertz CT molecular complexity index is 673. The molecule has 3 rings (SSSR count). The van der Waals surface area contributed by atoms with Crippen LogP contribution in [0.2, 0.25) is 0 Å². The predicted molar refractivity (Wildman–Crippen MR) is 79.9 cm³/mol. The molecule has 21 heavy (non-hydrogen) atoms. The Hall–Kier alpha value is -1.88. The molecular formula is C16H20N2O3. The van der Waals surface area contributed by atoms with E-state index < -0.39 is 5.97 Å². The highest BCUT2D eigenvalue weighted by atomic mass is 16.5. The van der Waals surface area contributed by atoms with Crippen molar-refractivity contribution in [1.82, 2.24) is 9.55 Å². The number of carbonyl (C=O) groups is 1. The number of nitrogens with zero attached hydrogens (tertiary/aromatic N) is 2. The third-order valence-corrected chi connectivity index (χ3v) is 4.12. The zero-order valence-corrected chi connectivity index (χ0v) is 12.4. The zero-order valence-electron chi connectivity index (χ0n) is 12.4. The number of carboxylic acid groups (broad SMARTS) is 1. The van der Waals surface area contributed by atoms with Crippen LogP contribution in [0, 0.1) is 0 Å². The van der Waals surface area contributed by atoms with Gasteiger partial charge < -0.3 is 14.4 Å². The summed E-state index contributed by atoms with van der Waals surface area (Å²) in [7, 11) is 1.70. The van der Waals surface area contributed by atoms with E-state index in [1.165, 1.54) is 0 Å². The first-order valence-corrected chi connectivity index (χ1v) is 7.40. The van der Waals surface area contributed by atoms with Gasteiger partial charge >= 0.3 is 5.97 Å². The van der Waals surface area contributed by atoms with Crippen LogP contribution in [-0.2, 0) is 4.74 Å². The quantitative estimate of drug-likeness (QED) is 0.886. The monoisotopic (exact) mass is 288 g/mol. The Kier molecular flexibility index (Phi) is 3.68. The van der Waals surface area contributed by atoms with Crippen LogP contribution in [0.4, 0.5) is 0 Å². The average Bonchev–Trinajstić information content (AvgIpc) is 3.25. The van der Waals surface area contributed by atoms with E-state index in [2.05, 4.69) is 16.5 Å². The normalized spacial score (nSPS) is 16.3. The Labute approximate surface area is 123 Å². The average molecular weight is 288 g/mol. The van der Waals surface area contributed by atoms with Gasteiger partial charge in [0.05, 0.1) is 23.7 Å². The van der Waals surface area contributed by atoms with Gasteiger partial charge in [0.15, 0.2) is 0 Å². The molecule has 0 saturated heterocycles. The van der Waals surface area contributed by atoms with E-state index in [9.17, 15) is 9.90 Å². The van der Waals surface area contributed by atoms with Gasteiger partial charge in [0.2, 0.25) is 0 Å². The fourth-order valence-corrected chi connectivity index (χ4v) is 2.89. The van der Waals surface area contributed by atoms with Crippen LogP contribution in [0.5, 0.6) is 0 Å². The standard InChI is InChI=1S/C16H20N2O3/c1-3-11(9-21-2)18-13-6-4-5-12(16(19)20)14(13)17-15(18)10-7-8-10/h4-6,10-11H,3,7-9H2,1-2H3,(H,19,20). The van der Waals surface area contributed by atoms with E-state index in [1.54, 1.807) is 19.2 Å². The van der Waals surface area contributed by atoms with Crippen LogP contribution in [0.15, 0.2) is 18.2 Å². The molecule has 2 aromatic rings. The van der Waals surface area contributed by atoms with Gasteiger partial charge in [-0.1, -0.05) is 13.0 Å². The number of benzene rings is 1. The third-order valence-electron chi connectivity index (χ3n) is 4.12. The van der Waals surface area contributed by atoms with Crippen molar-refractivity contribution in [2.75, 3.05) is 13.7 Å². The predicted octanol–water partition coefficient (Wildman–Crippen LogP) is 3.21. The molecule has 5 heteroatoms. The van der Waals surface area contributed by atoms with E-state index in [0.717, 1.165) is 30.6 Å². The molecule has 0 bridgehead atoms. The number of rotatable bonds is 6. The van der Waals surface area contributed by atoms with Gasteiger partial charge in [-0.25, -0.2) is 9.78 Å². The number of fused-ring (bicyclic) bond motifs is 1. The molecule has 1 atom stereocenters. The highest BCUT2D eigenvalue weighted by Crippen LogP contribution is 2.42. The van der Waals surface area contributed by atoms with Gasteiger partial charge in [-0.3, -0.25) is 0 Å². The molecule has 112 valence electrons. The molecule has 1 N–H and O–H groups in total. The molecular weight excluding hydrogens is 268 g/mol. The Balaban J connectivity index is 2.22. The number of methoxy groups -OCH3 is 1. The topological polar surface area (TPSA) is 64.4 Å². The molecule has 1 saturated carbocycles. The van der Waals surface area contributed by atoms with Gasteiger partial charge in [-0.15, -0.1) is 0 Å². The molecule has 0 amide bonds. The minimum Gasteiger partial charge on any atom is -0.478 e. The van der Waals surface area contributed by atoms with Crippen molar-refractivity contribution in [3.05, 3.63) is 29.6 Å². The number of hydrogen-bond acceptors (Lipinski definition) is 3. The molecule has 5 nitrogen and oxygen atoms in total. The second kappa shape index (κ2) is 5.48. The molecule has 1 unspecified atom stereocenters. The maximum atomic E-state index is 11.4. The van der Waals surface area contributed by atoms with Crippen LogP contribution in [0.1, 0.15) is 54.3 Å². The van der Waals surface area contributed by atoms with Crippen molar-refractivity contribution < 1.29 is 14.6 Å². The summed E-state index contributed by atoms with van der Waals surface area (Å²) in [5, 5.41) is 9.36. The number of aromatic carboxylic acids is 1. The van der Waals surface area contributed by atoms with Crippen molar-refractivity contribution >= 4 is 17.0 Å². The minimum absolute atomic E-state index is 0.194. The van der Waals surface area contributed by atoms with Crippen LogP contribution < -0.4 is 0 Å². The zero-order chi connectivity index (χ0) is 15.0. The van der Waals surface area contributed by atoms with Crippen LogP contribution in [0.25, 0.3) is 11.0 Å². The fraction of sp³-hybridized carbons (Fsp3) is 0.500. The maximum absolute atomic E-state index is 11.4. The Morgan fingerprint density at radius 2 is 2.29 bits per heavy atom. The summed E-state index contributed by atoms with van der Waals surface area (Å²) in [6, 6.07) is 5.56. The van der Waals surface area contributed by atoms with Gasteiger partial charge in [0.1, 0.15) is 11.3 Å².